The molecular formula is C39H39N. The van der Waals surface area contributed by atoms with Crippen LogP contribution in [0.3, 0.4) is 0 Å². The van der Waals surface area contributed by atoms with Gasteiger partial charge in [0.2, 0.25) is 0 Å². The molecule has 1 aromatic heterocycles. The van der Waals surface area contributed by atoms with E-state index < -0.39 is 0 Å². The Labute approximate surface area is 239 Å². The van der Waals surface area contributed by atoms with Crippen LogP contribution in [0.15, 0.2) is 115 Å². The smallest absolute Gasteiger partial charge is 0.0582 e. The van der Waals surface area contributed by atoms with E-state index in [1.807, 2.05) is 0 Å². The van der Waals surface area contributed by atoms with Gasteiger partial charge in [-0.2, -0.15) is 0 Å². The van der Waals surface area contributed by atoms with Crippen LogP contribution in [-0.4, -0.2) is 4.57 Å². The van der Waals surface area contributed by atoms with E-state index >= 15 is 0 Å². The molecule has 4 aromatic carbocycles. The Kier molecular flexibility index (Phi) is 6.04. The van der Waals surface area contributed by atoms with Gasteiger partial charge in [0, 0.05) is 21.6 Å². The van der Waals surface area contributed by atoms with Crippen molar-refractivity contribution in [3.8, 4) is 16.8 Å². The van der Waals surface area contributed by atoms with Crippen LogP contribution in [0.4, 0.5) is 0 Å². The van der Waals surface area contributed by atoms with Gasteiger partial charge in [0.1, 0.15) is 0 Å². The summed E-state index contributed by atoms with van der Waals surface area (Å²) in [4.78, 5) is 0. The second kappa shape index (κ2) is 9.24. The van der Waals surface area contributed by atoms with E-state index in [-0.39, 0.29) is 10.8 Å². The van der Waals surface area contributed by atoms with E-state index in [2.05, 4.69) is 157 Å². The number of hydrogen-bond acceptors (Lipinski definition) is 0. The molecule has 5 aromatic rings. The Bertz CT molecular complexity index is 1880. The molecule has 40 heavy (non-hydrogen) atoms. The van der Waals surface area contributed by atoms with Crippen molar-refractivity contribution in [1.29, 1.82) is 0 Å². The minimum absolute atomic E-state index is 0.0527. The summed E-state index contributed by atoms with van der Waals surface area (Å²) in [5.41, 5.74) is 13.8. The highest BCUT2D eigenvalue weighted by molar-refractivity contribution is 6.12. The lowest BCUT2D eigenvalue weighted by Crippen LogP contribution is -2.26. The summed E-state index contributed by atoms with van der Waals surface area (Å²) in [7, 11) is 0. The van der Waals surface area contributed by atoms with Crippen LogP contribution in [0.5, 0.6) is 0 Å². The molecule has 0 saturated heterocycles. The average molecular weight is 522 g/mol. The number of rotatable bonds is 5. The number of fused-ring (bicyclic) bond motifs is 5. The lowest BCUT2D eigenvalue weighted by Gasteiger charge is -2.34. The van der Waals surface area contributed by atoms with Gasteiger partial charge in [-0.25, -0.2) is 0 Å². The van der Waals surface area contributed by atoms with Crippen LogP contribution in [0.1, 0.15) is 63.8 Å². The van der Waals surface area contributed by atoms with E-state index in [0.29, 0.717) is 0 Å². The van der Waals surface area contributed by atoms with Crippen molar-refractivity contribution < 1.29 is 0 Å². The second-order valence-electron chi connectivity index (χ2n) is 12.5. The van der Waals surface area contributed by atoms with E-state index in [1.165, 1.54) is 66.4 Å². The summed E-state index contributed by atoms with van der Waals surface area (Å²) in [5, 5.41) is 2.63. The Hall–Kier alpha value is -4.10. The first-order valence-corrected chi connectivity index (χ1v) is 14.3. The predicted molar refractivity (Wildman–Crippen MR) is 174 cm³/mol. The lowest BCUT2D eigenvalue weighted by atomic mass is 9.75. The summed E-state index contributed by atoms with van der Waals surface area (Å²) in [6.07, 6.45) is 6.43. The van der Waals surface area contributed by atoms with Crippen molar-refractivity contribution in [3.63, 3.8) is 0 Å². The van der Waals surface area contributed by atoms with Gasteiger partial charge < -0.3 is 4.57 Å². The van der Waals surface area contributed by atoms with Gasteiger partial charge in [-0.1, -0.05) is 119 Å². The molecule has 0 radical (unpaired) electrons. The Balaban J connectivity index is 1.53. The number of aryl methyl sites for hydroxylation is 1. The van der Waals surface area contributed by atoms with E-state index in [1.54, 1.807) is 0 Å². The van der Waals surface area contributed by atoms with Crippen molar-refractivity contribution >= 4 is 21.8 Å². The highest BCUT2D eigenvalue weighted by Gasteiger charge is 2.34. The number of hydrogen-bond donors (Lipinski definition) is 0. The van der Waals surface area contributed by atoms with Gasteiger partial charge in [-0.05, 0) is 77.9 Å². The van der Waals surface area contributed by atoms with Crippen LogP contribution in [0, 0.1) is 6.92 Å². The Morgan fingerprint density at radius 1 is 0.850 bits per heavy atom. The van der Waals surface area contributed by atoms with Gasteiger partial charge >= 0.3 is 0 Å². The van der Waals surface area contributed by atoms with Crippen LogP contribution >= 0.6 is 0 Å². The zero-order valence-electron chi connectivity index (χ0n) is 24.9. The monoisotopic (exact) mass is 521 g/mol. The molecule has 0 N–H and O–H groups in total. The SMILES string of the molecule is C=C(/C=C(C)/C=C\C)C(C)(C)c1cc(-c2ccc3c(c2)c2cccc4c2n3-c2ccccc2C4(C)C)ccc1C. The molecule has 6 rings (SSSR count). The Morgan fingerprint density at radius 2 is 1.55 bits per heavy atom. The predicted octanol–water partition coefficient (Wildman–Crippen LogP) is 10.8. The van der Waals surface area contributed by atoms with Crippen molar-refractivity contribution in [2.75, 3.05) is 0 Å². The first-order valence-electron chi connectivity index (χ1n) is 14.3. The van der Waals surface area contributed by atoms with Crippen molar-refractivity contribution in [1.82, 2.24) is 4.57 Å². The maximum absolute atomic E-state index is 4.49. The first kappa shape index (κ1) is 26.1. The minimum Gasteiger partial charge on any atom is -0.309 e. The van der Waals surface area contributed by atoms with Gasteiger partial charge in [0.25, 0.3) is 0 Å². The third-order valence-corrected chi connectivity index (χ3v) is 9.16. The highest BCUT2D eigenvalue weighted by Crippen LogP contribution is 2.48. The molecule has 0 atom stereocenters. The molecule has 0 amide bonds. The summed E-state index contributed by atoms with van der Waals surface area (Å²) in [5.74, 6) is 0. The summed E-state index contributed by atoms with van der Waals surface area (Å²) in [6, 6.07) is 29.6. The molecule has 1 aliphatic rings. The number of benzene rings is 4. The lowest BCUT2D eigenvalue weighted by molar-refractivity contribution is 0.630. The van der Waals surface area contributed by atoms with Gasteiger partial charge in [-0.15, -0.1) is 0 Å². The van der Waals surface area contributed by atoms with Crippen molar-refractivity contribution in [3.05, 3.63) is 137 Å². The van der Waals surface area contributed by atoms with Gasteiger partial charge in [0.05, 0.1) is 16.7 Å². The molecule has 1 heteroatoms. The molecule has 0 bridgehead atoms. The minimum atomic E-state index is -0.188. The maximum Gasteiger partial charge on any atom is 0.0582 e. The maximum atomic E-state index is 4.49. The topological polar surface area (TPSA) is 4.93 Å². The van der Waals surface area contributed by atoms with Gasteiger partial charge in [0.15, 0.2) is 0 Å². The molecule has 0 spiro atoms. The molecule has 1 aliphatic heterocycles. The number of allylic oxidation sites excluding steroid dienone is 5. The van der Waals surface area contributed by atoms with E-state index in [4.69, 9.17) is 0 Å². The molecular weight excluding hydrogens is 482 g/mol. The molecule has 0 saturated carbocycles. The van der Waals surface area contributed by atoms with Crippen LogP contribution < -0.4 is 0 Å². The fourth-order valence-corrected chi connectivity index (χ4v) is 6.76. The highest BCUT2D eigenvalue weighted by atomic mass is 15.0. The van der Waals surface area contributed by atoms with Crippen LogP contribution in [0.25, 0.3) is 38.6 Å². The standard InChI is InChI=1S/C39H39N/c1-9-13-25(2)22-27(4)38(5,6)34-24-29(19-18-26(34)3)28-20-21-35-31(23-28)30-14-12-16-33-37(30)40(35)36-17-11-10-15-32(36)39(33,7)8/h9-24H,4H2,1-3,5-8H3/b13-9-,25-22+. The van der Waals surface area contributed by atoms with Crippen molar-refractivity contribution in [2.45, 2.75) is 59.3 Å². The summed E-state index contributed by atoms with van der Waals surface area (Å²) < 4.78 is 2.48. The van der Waals surface area contributed by atoms with Crippen molar-refractivity contribution in [2.24, 2.45) is 0 Å². The zero-order valence-corrected chi connectivity index (χ0v) is 24.9. The number of aromatic nitrogens is 1. The molecule has 1 nitrogen and oxygen atoms in total. The van der Waals surface area contributed by atoms with Crippen LogP contribution in [-0.2, 0) is 10.8 Å². The zero-order chi connectivity index (χ0) is 28.4. The second-order valence-corrected chi connectivity index (χ2v) is 12.5. The third-order valence-electron chi connectivity index (χ3n) is 9.16. The number of para-hydroxylation sites is 2. The molecule has 0 aliphatic carbocycles. The first-order chi connectivity index (χ1) is 19.1. The molecule has 200 valence electrons. The quantitative estimate of drug-likeness (QED) is 0.203. The van der Waals surface area contributed by atoms with Crippen LogP contribution in [0.2, 0.25) is 0 Å². The Morgan fingerprint density at radius 3 is 2.33 bits per heavy atom. The average Bonchev–Trinajstić information content (AvgIpc) is 3.26. The fraction of sp³-hybridized carbons (Fsp3) is 0.231. The fourth-order valence-electron chi connectivity index (χ4n) is 6.76. The third kappa shape index (κ3) is 3.83. The normalized spacial score (nSPS) is 14.7. The number of nitrogens with zero attached hydrogens (tertiary/aromatic N) is 1. The summed E-state index contributed by atoms with van der Waals surface area (Å²) >= 11 is 0. The molecule has 2 heterocycles. The van der Waals surface area contributed by atoms with E-state index in [0.717, 1.165) is 5.57 Å². The largest absolute Gasteiger partial charge is 0.309 e. The summed E-state index contributed by atoms with van der Waals surface area (Å²) in [6.45, 7) is 20.2. The molecule has 0 fully saturated rings. The molecule has 0 unspecified atom stereocenters. The van der Waals surface area contributed by atoms with E-state index in [9.17, 15) is 0 Å². The van der Waals surface area contributed by atoms with Gasteiger partial charge in [-0.3, -0.25) is 0 Å².